The summed E-state index contributed by atoms with van der Waals surface area (Å²) in [4.78, 5) is 23.7. The third-order valence-corrected chi connectivity index (χ3v) is 3.29. The number of ether oxygens (including phenoxy) is 2. The summed E-state index contributed by atoms with van der Waals surface area (Å²) >= 11 is 0. The number of rotatable bonds is 5. The molecule has 0 radical (unpaired) electrons. The van der Waals surface area contributed by atoms with Crippen LogP contribution in [-0.2, 0) is 9.59 Å². The number of methoxy groups -OCH3 is 2. The number of hydrogen-bond donors (Lipinski definition) is 2. The number of carbonyl (C=O) groups excluding carboxylic acids is 2. The van der Waals surface area contributed by atoms with Gasteiger partial charge in [0.05, 0.1) is 20.4 Å². The molecule has 0 heterocycles. The Hall–Kier alpha value is -3.35. The normalized spacial score (nSPS) is 10.4. The molecule has 2 aromatic carbocycles. The minimum absolute atomic E-state index is 0.540. The van der Waals surface area contributed by atoms with Crippen LogP contribution in [0.5, 0.6) is 11.5 Å². The maximum atomic E-state index is 11.8. The van der Waals surface area contributed by atoms with Crippen molar-refractivity contribution in [2.24, 2.45) is 5.10 Å². The summed E-state index contributed by atoms with van der Waals surface area (Å²) in [5.41, 5.74) is 4.29. The Morgan fingerprint density at radius 2 is 1.84 bits per heavy atom. The molecule has 0 aliphatic rings. The highest BCUT2D eigenvalue weighted by molar-refractivity contribution is 6.39. The van der Waals surface area contributed by atoms with Gasteiger partial charge in [-0.25, -0.2) is 5.43 Å². The third kappa shape index (κ3) is 5.07. The molecule has 0 spiro atoms. The van der Waals surface area contributed by atoms with Crippen LogP contribution in [0.4, 0.5) is 5.69 Å². The van der Waals surface area contributed by atoms with E-state index in [0.717, 1.165) is 5.56 Å². The zero-order valence-electron chi connectivity index (χ0n) is 14.2. The van der Waals surface area contributed by atoms with Gasteiger partial charge in [-0.05, 0) is 42.8 Å². The van der Waals surface area contributed by atoms with Crippen molar-refractivity contribution < 1.29 is 19.1 Å². The fraction of sp³-hybridized carbons (Fsp3) is 0.167. The Morgan fingerprint density at radius 1 is 1.04 bits per heavy atom. The van der Waals surface area contributed by atoms with Gasteiger partial charge in [-0.15, -0.1) is 0 Å². The molecule has 7 nitrogen and oxygen atoms in total. The van der Waals surface area contributed by atoms with Gasteiger partial charge in [0.2, 0.25) is 0 Å². The van der Waals surface area contributed by atoms with E-state index in [1.165, 1.54) is 13.3 Å². The average Bonchev–Trinajstić information content (AvgIpc) is 2.61. The molecule has 0 aliphatic carbocycles. The molecule has 2 aromatic rings. The third-order valence-electron chi connectivity index (χ3n) is 3.29. The number of aryl methyl sites for hydroxylation is 1. The Balaban J connectivity index is 1.99. The summed E-state index contributed by atoms with van der Waals surface area (Å²) in [6.07, 6.45) is 1.37. The van der Waals surface area contributed by atoms with Crippen LogP contribution in [0.3, 0.4) is 0 Å². The SMILES string of the molecule is COc1ccc(OC)c(/C=N\NC(=O)C(=O)Nc2cccc(C)c2)c1. The summed E-state index contributed by atoms with van der Waals surface area (Å²) in [5, 5.41) is 6.29. The number of carbonyl (C=O) groups is 2. The second-order valence-corrected chi connectivity index (χ2v) is 5.13. The lowest BCUT2D eigenvalue weighted by Gasteiger charge is -2.07. The van der Waals surface area contributed by atoms with Gasteiger partial charge in [0.15, 0.2) is 0 Å². The first-order chi connectivity index (χ1) is 12.0. The summed E-state index contributed by atoms with van der Waals surface area (Å²) in [6.45, 7) is 1.89. The summed E-state index contributed by atoms with van der Waals surface area (Å²) in [7, 11) is 3.06. The second-order valence-electron chi connectivity index (χ2n) is 5.13. The van der Waals surface area contributed by atoms with Crippen LogP contribution >= 0.6 is 0 Å². The molecule has 0 aliphatic heterocycles. The molecule has 130 valence electrons. The fourth-order valence-corrected chi connectivity index (χ4v) is 2.06. The molecule has 25 heavy (non-hydrogen) atoms. The highest BCUT2D eigenvalue weighted by Crippen LogP contribution is 2.22. The Labute approximate surface area is 145 Å². The molecule has 0 aromatic heterocycles. The van der Waals surface area contributed by atoms with Gasteiger partial charge >= 0.3 is 11.8 Å². The molecule has 0 saturated heterocycles. The number of amides is 2. The first-order valence-electron chi connectivity index (χ1n) is 7.46. The van der Waals surface area contributed by atoms with E-state index in [0.29, 0.717) is 22.7 Å². The van der Waals surface area contributed by atoms with Crippen molar-refractivity contribution in [3.05, 3.63) is 53.6 Å². The molecule has 0 unspecified atom stereocenters. The number of benzene rings is 2. The number of anilines is 1. The maximum Gasteiger partial charge on any atom is 0.329 e. The first-order valence-corrected chi connectivity index (χ1v) is 7.46. The summed E-state index contributed by atoms with van der Waals surface area (Å²) in [5.74, 6) is -0.506. The lowest BCUT2D eigenvalue weighted by Crippen LogP contribution is -2.32. The maximum absolute atomic E-state index is 11.8. The second kappa shape index (κ2) is 8.49. The van der Waals surface area contributed by atoms with Gasteiger partial charge in [0.25, 0.3) is 0 Å². The zero-order chi connectivity index (χ0) is 18.2. The molecule has 2 amide bonds. The topological polar surface area (TPSA) is 89.0 Å². The van der Waals surface area contributed by atoms with Gasteiger partial charge in [-0.3, -0.25) is 9.59 Å². The fourth-order valence-electron chi connectivity index (χ4n) is 2.06. The number of nitrogens with one attached hydrogen (secondary N) is 2. The van der Waals surface area contributed by atoms with Gasteiger partial charge < -0.3 is 14.8 Å². The van der Waals surface area contributed by atoms with Crippen LogP contribution < -0.4 is 20.2 Å². The molecule has 0 saturated carbocycles. The van der Waals surface area contributed by atoms with Crippen molar-refractivity contribution >= 4 is 23.7 Å². The van der Waals surface area contributed by atoms with Crippen molar-refractivity contribution in [2.45, 2.75) is 6.92 Å². The summed E-state index contributed by atoms with van der Waals surface area (Å²) in [6, 6.07) is 12.3. The van der Waals surface area contributed by atoms with Crippen molar-refractivity contribution in [3.8, 4) is 11.5 Å². The van der Waals surface area contributed by atoms with Crippen LogP contribution in [0.1, 0.15) is 11.1 Å². The van der Waals surface area contributed by atoms with E-state index in [4.69, 9.17) is 9.47 Å². The molecule has 2 N–H and O–H groups in total. The monoisotopic (exact) mass is 341 g/mol. The molecule has 7 heteroatoms. The number of nitrogens with zero attached hydrogens (tertiary/aromatic N) is 1. The van der Waals surface area contributed by atoms with E-state index in [1.807, 2.05) is 13.0 Å². The predicted molar refractivity (Wildman–Crippen MR) is 95.1 cm³/mol. The van der Waals surface area contributed by atoms with Crippen molar-refractivity contribution in [1.82, 2.24) is 5.43 Å². The van der Waals surface area contributed by atoms with Crippen molar-refractivity contribution in [1.29, 1.82) is 0 Å². The Morgan fingerprint density at radius 3 is 2.52 bits per heavy atom. The van der Waals surface area contributed by atoms with Gasteiger partial charge in [0.1, 0.15) is 11.5 Å². The van der Waals surface area contributed by atoms with E-state index >= 15 is 0 Å². The molecule has 2 rings (SSSR count). The Kier molecular flexibility index (Phi) is 6.11. The molecule has 0 fully saturated rings. The lowest BCUT2D eigenvalue weighted by molar-refractivity contribution is -0.136. The molecule has 0 atom stereocenters. The van der Waals surface area contributed by atoms with E-state index in [1.54, 1.807) is 43.5 Å². The van der Waals surface area contributed by atoms with Crippen LogP contribution in [0.15, 0.2) is 47.6 Å². The highest BCUT2D eigenvalue weighted by Gasteiger charge is 2.13. The molecule has 0 bridgehead atoms. The largest absolute Gasteiger partial charge is 0.497 e. The van der Waals surface area contributed by atoms with Crippen molar-refractivity contribution in [2.75, 3.05) is 19.5 Å². The predicted octanol–water partition coefficient (Wildman–Crippen LogP) is 2.10. The van der Waals surface area contributed by atoms with Gasteiger partial charge in [-0.2, -0.15) is 5.10 Å². The zero-order valence-corrected chi connectivity index (χ0v) is 14.2. The van der Waals surface area contributed by atoms with Crippen LogP contribution in [-0.4, -0.2) is 32.2 Å². The molecular weight excluding hydrogens is 322 g/mol. The quantitative estimate of drug-likeness (QED) is 0.495. The van der Waals surface area contributed by atoms with E-state index < -0.39 is 11.8 Å². The smallest absolute Gasteiger partial charge is 0.329 e. The van der Waals surface area contributed by atoms with E-state index in [9.17, 15) is 9.59 Å². The van der Waals surface area contributed by atoms with Crippen LogP contribution in [0.25, 0.3) is 0 Å². The van der Waals surface area contributed by atoms with Crippen LogP contribution in [0.2, 0.25) is 0 Å². The summed E-state index contributed by atoms with van der Waals surface area (Å²) < 4.78 is 10.3. The van der Waals surface area contributed by atoms with Crippen molar-refractivity contribution in [3.63, 3.8) is 0 Å². The average molecular weight is 341 g/mol. The lowest BCUT2D eigenvalue weighted by atomic mass is 10.2. The standard InChI is InChI=1S/C18H19N3O4/c1-12-5-4-6-14(9-12)20-17(22)18(23)21-19-11-13-10-15(24-2)7-8-16(13)25-3/h4-11H,1-3H3,(H,20,22)(H,21,23)/b19-11-. The number of hydrogen-bond acceptors (Lipinski definition) is 5. The van der Waals surface area contributed by atoms with E-state index in [-0.39, 0.29) is 0 Å². The number of hydrazone groups is 1. The Bertz CT molecular complexity index is 803. The molecular formula is C18H19N3O4. The van der Waals surface area contributed by atoms with E-state index in [2.05, 4.69) is 15.8 Å². The highest BCUT2D eigenvalue weighted by atomic mass is 16.5. The van der Waals surface area contributed by atoms with Crippen LogP contribution in [0, 0.1) is 6.92 Å². The minimum Gasteiger partial charge on any atom is -0.497 e. The van der Waals surface area contributed by atoms with Gasteiger partial charge in [-0.1, -0.05) is 12.1 Å². The first kappa shape index (κ1) is 18.0. The van der Waals surface area contributed by atoms with Gasteiger partial charge in [0, 0.05) is 11.3 Å². The minimum atomic E-state index is -0.875.